The summed E-state index contributed by atoms with van der Waals surface area (Å²) in [6.45, 7) is 3.21. The van der Waals surface area contributed by atoms with E-state index in [2.05, 4.69) is 17.1 Å². The molecule has 2 aliphatic carbocycles. The minimum absolute atomic E-state index is 0.209. The van der Waals surface area contributed by atoms with Crippen molar-refractivity contribution in [3.63, 3.8) is 0 Å². The highest BCUT2D eigenvalue weighted by Crippen LogP contribution is 2.47. The van der Waals surface area contributed by atoms with E-state index >= 15 is 0 Å². The van der Waals surface area contributed by atoms with Gasteiger partial charge in [-0.3, -0.25) is 0 Å². The molecule has 4 heteroatoms. The molecule has 0 N–H and O–H groups in total. The predicted molar refractivity (Wildman–Crippen MR) is 93.1 cm³/mol. The molecule has 5 rings (SSSR count). The number of benzene rings is 1. The Hall–Kier alpha value is -1.32. The number of carbonyl (C=O) groups excluding carboxylic acids is 1. The lowest BCUT2D eigenvalue weighted by Gasteiger charge is -2.40. The third kappa shape index (κ3) is 2.25. The van der Waals surface area contributed by atoms with E-state index in [1.807, 2.05) is 12.1 Å². The van der Waals surface area contributed by atoms with Crippen LogP contribution in [0.5, 0.6) is 0 Å². The molecule has 2 heterocycles. The van der Waals surface area contributed by atoms with Crippen LogP contribution in [0.1, 0.15) is 41.6 Å². The first-order valence-corrected chi connectivity index (χ1v) is 9.45. The molecule has 1 saturated carbocycles. The van der Waals surface area contributed by atoms with Gasteiger partial charge in [0.25, 0.3) is 0 Å². The number of hydrogen-bond acceptors (Lipinski definition) is 3. The molecular formula is C20H22ClNO2. The molecule has 24 heavy (non-hydrogen) atoms. The van der Waals surface area contributed by atoms with Crippen LogP contribution >= 0.6 is 11.6 Å². The third-order valence-corrected chi connectivity index (χ3v) is 6.79. The van der Waals surface area contributed by atoms with Gasteiger partial charge < -0.3 is 9.64 Å². The van der Waals surface area contributed by atoms with Gasteiger partial charge in [0, 0.05) is 43.1 Å². The van der Waals surface area contributed by atoms with Gasteiger partial charge in [0.1, 0.15) is 5.60 Å². The first-order chi connectivity index (χ1) is 11.6. The van der Waals surface area contributed by atoms with Crippen LogP contribution in [0.15, 0.2) is 30.4 Å². The maximum Gasteiger partial charge on any atom is 0.339 e. The van der Waals surface area contributed by atoms with E-state index in [9.17, 15) is 4.79 Å². The Morgan fingerprint density at radius 3 is 2.75 bits per heavy atom. The standard InChI is InChI=1S/C20H22ClNO2/c21-16-3-4-18-17(11-16)19(23)24-20(18)5-7-22(8-6-20)12-15-10-13-1-2-14(15)9-13/h1-4,11,13-15H,5-10,12H2/t13-,14+,15-/m0/s1. The SMILES string of the molecule is O=C1OC2(CCN(C[C@@H]3C[C@H]4C=C[C@@H]3C4)CC2)c2ccc(Cl)cc21. The van der Waals surface area contributed by atoms with E-state index < -0.39 is 5.60 Å². The van der Waals surface area contributed by atoms with Gasteiger partial charge in [-0.15, -0.1) is 0 Å². The van der Waals surface area contributed by atoms with Gasteiger partial charge in [-0.05, 0) is 42.7 Å². The number of esters is 1. The normalized spacial score (nSPS) is 33.2. The van der Waals surface area contributed by atoms with Crippen molar-refractivity contribution >= 4 is 17.6 Å². The average molecular weight is 344 g/mol. The second-order valence-electron chi connectivity index (χ2n) is 7.91. The van der Waals surface area contributed by atoms with Crippen molar-refractivity contribution in [2.75, 3.05) is 19.6 Å². The number of allylic oxidation sites excluding steroid dienone is 2. The summed E-state index contributed by atoms with van der Waals surface area (Å²) in [4.78, 5) is 14.8. The molecule has 1 aromatic rings. The molecule has 4 aliphatic rings. The van der Waals surface area contributed by atoms with E-state index in [0.717, 1.165) is 49.2 Å². The monoisotopic (exact) mass is 343 g/mol. The zero-order valence-corrected chi connectivity index (χ0v) is 14.5. The molecule has 1 saturated heterocycles. The van der Waals surface area contributed by atoms with Crippen molar-refractivity contribution < 1.29 is 9.53 Å². The first kappa shape index (κ1) is 15.0. The third-order valence-electron chi connectivity index (χ3n) is 6.55. The number of rotatable bonds is 2. The summed E-state index contributed by atoms with van der Waals surface area (Å²) >= 11 is 6.04. The van der Waals surface area contributed by atoms with Crippen LogP contribution in [-0.2, 0) is 10.3 Å². The summed E-state index contributed by atoms with van der Waals surface area (Å²) in [6, 6.07) is 5.61. The number of hydrogen-bond donors (Lipinski definition) is 0. The van der Waals surface area contributed by atoms with Gasteiger partial charge in [-0.1, -0.05) is 29.8 Å². The van der Waals surface area contributed by atoms with Gasteiger partial charge in [-0.25, -0.2) is 4.79 Å². The Morgan fingerprint density at radius 1 is 1.21 bits per heavy atom. The van der Waals surface area contributed by atoms with Crippen LogP contribution in [0, 0.1) is 17.8 Å². The minimum atomic E-state index is -0.415. The molecule has 1 aromatic carbocycles. The molecule has 2 bridgehead atoms. The van der Waals surface area contributed by atoms with Crippen molar-refractivity contribution in [3.05, 3.63) is 46.5 Å². The maximum absolute atomic E-state index is 12.2. The summed E-state index contributed by atoms with van der Waals surface area (Å²) in [7, 11) is 0. The predicted octanol–water partition coefficient (Wildman–Crippen LogP) is 4.01. The largest absolute Gasteiger partial charge is 0.450 e. The number of halogens is 1. The molecule has 3 atom stereocenters. The first-order valence-electron chi connectivity index (χ1n) is 9.07. The van der Waals surface area contributed by atoms with E-state index in [1.165, 1.54) is 19.4 Å². The van der Waals surface area contributed by atoms with Crippen molar-refractivity contribution in [1.29, 1.82) is 0 Å². The van der Waals surface area contributed by atoms with Crippen molar-refractivity contribution in [1.82, 2.24) is 4.90 Å². The second kappa shape index (κ2) is 5.34. The second-order valence-corrected chi connectivity index (χ2v) is 8.35. The maximum atomic E-state index is 12.2. The van der Waals surface area contributed by atoms with Gasteiger partial charge in [-0.2, -0.15) is 0 Å². The summed E-state index contributed by atoms with van der Waals surface area (Å²) in [5.41, 5.74) is 1.29. The van der Waals surface area contributed by atoms with Crippen LogP contribution in [-0.4, -0.2) is 30.5 Å². The van der Waals surface area contributed by atoms with Gasteiger partial charge in [0.05, 0.1) is 5.56 Å². The van der Waals surface area contributed by atoms with Crippen molar-refractivity contribution in [2.45, 2.75) is 31.3 Å². The number of likely N-dealkylation sites (tertiary alicyclic amines) is 1. The van der Waals surface area contributed by atoms with E-state index in [1.54, 1.807) is 6.07 Å². The lowest BCUT2D eigenvalue weighted by atomic mass is 9.83. The number of fused-ring (bicyclic) bond motifs is 4. The van der Waals surface area contributed by atoms with Crippen LogP contribution in [0.2, 0.25) is 5.02 Å². The average Bonchev–Trinajstić information content (AvgIpc) is 3.25. The van der Waals surface area contributed by atoms with Gasteiger partial charge >= 0.3 is 5.97 Å². The Bertz CT molecular complexity index is 720. The number of ether oxygens (including phenoxy) is 1. The minimum Gasteiger partial charge on any atom is -0.450 e. The summed E-state index contributed by atoms with van der Waals surface area (Å²) in [6.07, 6.45) is 9.36. The van der Waals surface area contributed by atoms with Gasteiger partial charge in [0.15, 0.2) is 0 Å². The van der Waals surface area contributed by atoms with E-state index in [0.29, 0.717) is 10.6 Å². The van der Waals surface area contributed by atoms with Crippen molar-refractivity contribution in [3.8, 4) is 0 Å². The molecule has 0 aromatic heterocycles. The number of nitrogens with zero attached hydrogens (tertiary/aromatic N) is 1. The van der Waals surface area contributed by atoms with Crippen LogP contribution in [0.3, 0.4) is 0 Å². The van der Waals surface area contributed by atoms with Crippen molar-refractivity contribution in [2.24, 2.45) is 17.8 Å². The Kier molecular flexibility index (Phi) is 3.33. The van der Waals surface area contributed by atoms with Crippen LogP contribution < -0.4 is 0 Å². The topological polar surface area (TPSA) is 29.5 Å². The Balaban J connectivity index is 1.29. The summed E-state index contributed by atoms with van der Waals surface area (Å²) < 4.78 is 5.85. The fourth-order valence-corrected chi connectivity index (χ4v) is 5.45. The molecule has 2 aliphatic heterocycles. The molecule has 126 valence electrons. The quantitative estimate of drug-likeness (QED) is 0.600. The highest BCUT2D eigenvalue weighted by molar-refractivity contribution is 6.31. The van der Waals surface area contributed by atoms with E-state index in [-0.39, 0.29) is 5.97 Å². The molecular weight excluding hydrogens is 322 g/mol. The molecule has 3 nitrogen and oxygen atoms in total. The molecule has 1 spiro atoms. The highest BCUT2D eigenvalue weighted by atomic mass is 35.5. The molecule has 0 radical (unpaired) electrons. The molecule has 0 unspecified atom stereocenters. The van der Waals surface area contributed by atoms with Crippen LogP contribution in [0.25, 0.3) is 0 Å². The zero-order valence-electron chi connectivity index (χ0n) is 13.7. The number of carbonyl (C=O) groups is 1. The van der Waals surface area contributed by atoms with Crippen LogP contribution in [0.4, 0.5) is 0 Å². The fraction of sp³-hybridized carbons (Fsp3) is 0.550. The fourth-order valence-electron chi connectivity index (χ4n) is 5.27. The smallest absolute Gasteiger partial charge is 0.339 e. The van der Waals surface area contributed by atoms with Gasteiger partial charge in [0.2, 0.25) is 0 Å². The number of piperidine rings is 1. The lowest BCUT2D eigenvalue weighted by molar-refractivity contribution is -0.0450. The Labute approximate surface area is 147 Å². The van der Waals surface area contributed by atoms with E-state index in [4.69, 9.17) is 16.3 Å². The Morgan fingerprint density at radius 2 is 2.04 bits per heavy atom. The molecule has 0 amide bonds. The summed E-state index contributed by atoms with van der Waals surface area (Å²) in [5, 5.41) is 0.601. The highest BCUT2D eigenvalue weighted by Gasteiger charge is 2.48. The summed E-state index contributed by atoms with van der Waals surface area (Å²) in [5.74, 6) is 2.26. The zero-order chi connectivity index (χ0) is 16.3. The lowest BCUT2D eigenvalue weighted by Crippen LogP contribution is -2.44. The molecule has 2 fully saturated rings.